The lowest BCUT2D eigenvalue weighted by molar-refractivity contribution is -0.122. The van der Waals surface area contributed by atoms with Gasteiger partial charge in [-0.15, -0.1) is 11.3 Å². The standard InChI is InChI=1S/C22H27N5OS/c1-3-16(2)25-20(28)14-26-9-11-27(12-10-26)21-18-13-19(17-7-5-4-6-8-17)29-22(18)24-15-23-21/h4-8,13,15-16H,3,9-12,14H2,1-2H3,(H,25,28). The van der Waals surface area contributed by atoms with Crippen molar-refractivity contribution in [3.05, 3.63) is 42.7 Å². The number of hydrogen-bond acceptors (Lipinski definition) is 6. The molecule has 4 rings (SSSR count). The molecule has 1 N–H and O–H groups in total. The summed E-state index contributed by atoms with van der Waals surface area (Å²) < 4.78 is 0. The van der Waals surface area contributed by atoms with Crippen LogP contribution >= 0.6 is 11.3 Å². The summed E-state index contributed by atoms with van der Waals surface area (Å²) in [4.78, 5) is 28.0. The molecule has 7 heteroatoms. The molecule has 1 unspecified atom stereocenters. The minimum absolute atomic E-state index is 0.113. The molecule has 6 nitrogen and oxygen atoms in total. The number of carbonyl (C=O) groups excluding carboxylic acids is 1. The summed E-state index contributed by atoms with van der Waals surface area (Å²) in [6, 6.07) is 12.8. The summed E-state index contributed by atoms with van der Waals surface area (Å²) in [6.45, 7) is 8.03. The molecule has 1 aliphatic heterocycles. The van der Waals surface area contributed by atoms with Crippen molar-refractivity contribution in [2.24, 2.45) is 0 Å². The van der Waals surface area contributed by atoms with Crippen molar-refractivity contribution in [1.82, 2.24) is 20.2 Å². The first-order valence-corrected chi connectivity index (χ1v) is 11.0. The van der Waals surface area contributed by atoms with E-state index in [4.69, 9.17) is 0 Å². The molecule has 29 heavy (non-hydrogen) atoms. The van der Waals surface area contributed by atoms with E-state index in [1.807, 2.05) is 13.0 Å². The van der Waals surface area contributed by atoms with Crippen molar-refractivity contribution in [3.63, 3.8) is 0 Å². The van der Waals surface area contributed by atoms with Crippen LogP contribution in [0, 0.1) is 0 Å². The molecule has 1 fully saturated rings. The predicted molar refractivity (Wildman–Crippen MR) is 119 cm³/mol. The molecule has 1 aliphatic rings. The Balaban J connectivity index is 1.45. The monoisotopic (exact) mass is 409 g/mol. The second-order valence-electron chi connectivity index (χ2n) is 7.53. The van der Waals surface area contributed by atoms with Gasteiger partial charge >= 0.3 is 0 Å². The van der Waals surface area contributed by atoms with Gasteiger partial charge in [-0.05, 0) is 25.0 Å². The molecule has 3 heterocycles. The fraction of sp³-hybridized carbons (Fsp3) is 0.409. The maximum atomic E-state index is 12.2. The van der Waals surface area contributed by atoms with Gasteiger partial charge in [0.2, 0.25) is 5.91 Å². The average Bonchev–Trinajstić information content (AvgIpc) is 3.19. The summed E-state index contributed by atoms with van der Waals surface area (Å²) >= 11 is 1.70. The number of nitrogens with one attached hydrogen (secondary N) is 1. The normalized spacial score (nSPS) is 16.1. The first-order valence-electron chi connectivity index (χ1n) is 10.2. The third kappa shape index (κ3) is 4.57. The number of anilines is 1. The number of amides is 1. The molecule has 0 saturated carbocycles. The summed E-state index contributed by atoms with van der Waals surface area (Å²) in [5, 5.41) is 4.16. The van der Waals surface area contributed by atoms with Crippen LogP contribution in [-0.4, -0.2) is 59.5 Å². The molecular formula is C22H27N5OS. The van der Waals surface area contributed by atoms with Gasteiger partial charge in [-0.2, -0.15) is 0 Å². The maximum absolute atomic E-state index is 12.2. The number of hydrogen-bond donors (Lipinski definition) is 1. The van der Waals surface area contributed by atoms with Gasteiger partial charge < -0.3 is 10.2 Å². The first kappa shape index (κ1) is 19.8. The van der Waals surface area contributed by atoms with E-state index in [0.717, 1.165) is 48.6 Å². The zero-order valence-electron chi connectivity index (χ0n) is 17.0. The highest BCUT2D eigenvalue weighted by Gasteiger charge is 2.22. The Hall–Kier alpha value is -2.51. The van der Waals surface area contributed by atoms with Crippen LogP contribution in [0.5, 0.6) is 0 Å². The van der Waals surface area contributed by atoms with Crippen molar-refractivity contribution in [1.29, 1.82) is 0 Å². The molecule has 1 saturated heterocycles. The van der Waals surface area contributed by atoms with Crippen LogP contribution in [0.15, 0.2) is 42.7 Å². The Morgan fingerprint density at radius 3 is 2.66 bits per heavy atom. The molecule has 3 aromatic rings. The number of nitrogens with zero attached hydrogens (tertiary/aromatic N) is 4. The van der Waals surface area contributed by atoms with Crippen molar-refractivity contribution in [3.8, 4) is 10.4 Å². The fourth-order valence-corrected chi connectivity index (χ4v) is 4.58. The molecule has 0 radical (unpaired) electrons. The average molecular weight is 410 g/mol. The highest BCUT2D eigenvalue weighted by atomic mass is 32.1. The van der Waals surface area contributed by atoms with Crippen molar-refractivity contribution >= 4 is 33.3 Å². The molecule has 2 aromatic heterocycles. The van der Waals surface area contributed by atoms with E-state index < -0.39 is 0 Å². The largest absolute Gasteiger partial charge is 0.353 e. The Kier molecular flexibility index (Phi) is 6.06. The second kappa shape index (κ2) is 8.88. The molecule has 152 valence electrons. The van der Waals surface area contributed by atoms with Crippen LogP contribution in [0.4, 0.5) is 5.82 Å². The fourth-order valence-electron chi connectivity index (χ4n) is 3.58. The van der Waals surface area contributed by atoms with Crippen molar-refractivity contribution in [2.75, 3.05) is 37.6 Å². The van der Waals surface area contributed by atoms with Crippen molar-refractivity contribution in [2.45, 2.75) is 26.3 Å². The Labute approximate surface area is 175 Å². The Morgan fingerprint density at radius 2 is 1.93 bits per heavy atom. The summed E-state index contributed by atoms with van der Waals surface area (Å²) in [7, 11) is 0. The van der Waals surface area contributed by atoms with Crippen LogP contribution in [-0.2, 0) is 4.79 Å². The van der Waals surface area contributed by atoms with Crippen LogP contribution in [0.3, 0.4) is 0 Å². The van der Waals surface area contributed by atoms with Gasteiger partial charge in [0.25, 0.3) is 0 Å². The van der Waals surface area contributed by atoms with Crippen LogP contribution < -0.4 is 10.2 Å². The molecule has 1 amide bonds. The van der Waals surface area contributed by atoms with Gasteiger partial charge in [-0.25, -0.2) is 9.97 Å². The van der Waals surface area contributed by atoms with Gasteiger partial charge in [0, 0.05) is 37.1 Å². The molecule has 1 aromatic carbocycles. The Bertz CT molecular complexity index is 966. The van der Waals surface area contributed by atoms with Gasteiger partial charge in [0.05, 0.1) is 11.9 Å². The van der Waals surface area contributed by atoms with E-state index >= 15 is 0 Å². The smallest absolute Gasteiger partial charge is 0.234 e. The van der Waals surface area contributed by atoms with Gasteiger partial charge in [-0.3, -0.25) is 9.69 Å². The lowest BCUT2D eigenvalue weighted by atomic mass is 10.2. The third-order valence-corrected chi connectivity index (χ3v) is 6.52. The number of carbonyl (C=O) groups is 1. The SMILES string of the molecule is CCC(C)NC(=O)CN1CCN(c2ncnc3sc(-c4ccccc4)cc23)CC1. The van der Waals surface area contributed by atoms with Crippen LogP contribution in [0.25, 0.3) is 20.7 Å². The van der Waals surface area contributed by atoms with E-state index in [9.17, 15) is 4.79 Å². The van der Waals surface area contributed by atoms with Gasteiger partial charge in [0.15, 0.2) is 0 Å². The summed E-state index contributed by atoms with van der Waals surface area (Å²) in [5.74, 6) is 1.11. The van der Waals surface area contributed by atoms with Crippen molar-refractivity contribution < 1.29 is 4.79 Å². The van der Waals surface area contributed by atoms with Gasteiger partial charge in [0.1, 0.15) is 17.0 Å². The van der Waals surface area contributed by atoms with Gasteiger partial charge in [-0.1, -0.05) is 37.3 Å². The summed E-state index contributed by atoms with van der Waals surface area (Å²) in [6.07, 6.45) is 2.61. The Morgan fingerprint density at radius 1 is 1.17 bits per heavy atom. The van der Waals surface area contributed by atoms with E-state index in [0.29, 0.717) is 6.54 Å². The number of fused-ring (bicyclic) bond motifs is 1. The van der Waals surface area contributed by atoms with E-state index in [2.05, 4.69) is 62.3 Å². The van der Waals surface area contributed by atoms with Crippen LogP contribution in [0.1, 0.15) is 20.3 Å². The molecule has 0 aliphatic carbocycles. The molecule has 1 atom stereocenters. The number of piperazine rings is 1. The van der Waals surface area contributed by atoms with E-state index in [1.54, 1.807) is 17.7 Å². The minimum Gasteiger partial charge on any atom is -0.353 e. The lowest BCUT2D eigenvalue weighted by Gasteiger charge is -2.35. The molecule has 0 spiro atoms. The molecule has 0 bridgehead atoms. The molecular weight excluding hydrogens is 382 g/mol. The zero-order valence-corrected chi connectivity index (χ0v) is 17.8. The highest BCUT2D eigenvalue weighted by molar-refractivity contribution is 7.21. The zero-order chi connectivity index (χ0) is 20.2. The first-order chi connectivity index (χ1) is 14.1. The second-order valence-corrected chi connectivity index (χ2v) is 8.56. The number of benzene rings is 1. The topological polar surface area (TPSA) is 61.4 Å². The van der Waals surface area contributed by atoms with E-state index in [1.165, 1.54) is 10.4 Å². The maximum Gasteiger partial charge on any atom is 0.234 e. The quantitative estimate of drug-likeness (QED) is 0.676. The number of rotatable bonds is 6. The third-order valence-electron chi connectivity index (χ3n) is 5.43. The van der Waals surface area contributed by atoms with Crippen LogP contribution in [0.2, 0.25) is 0 Å². The number of thiophene rings is 1. The van der Waals surface area contributed by atoms with E-state index in [-0.39, 0.29) is 11.9 Å². The number of aromatic nitrogens is 2. The lowest BCUT2D eigenvalue weighted by Crippen LogP contribution is -2.50. The predicted octanol–water partition coefficient (Wildman–Crippen LogP) is 3.40. The summed E-state index contributed by atoms with van der Waals surface area (Å²) in [5.41, 5.74) is 1.21. The minimum atomic E-state index is 0.113. The highest BCUT2D eigenvalue weighted by Crippen LogP contribution is 2.36.